The summed E-state index contributed by atoms with van der Waals surface area (Å²) >= 11 is 0. The van der Waals surface area contributed by atoms with Gasteiger partial charge in [-0.25, -0.2) is 0 Å². The summed E-state index contributed by atoms with van der Waals surface area (Å²) in [7, 11) is 0. The van der Waals surface area contributed by atoms with E-state index in [1.54, 1.807) is 5.56 Å². The Balaban J connectivity index is 2.09. The predicted octanol–water partition coefficient (Wildman–Crippen LogP) is 7.26. The van der Waals surface area contributed by atoms with Gasteiger partial charge in [0.15, 0.2) is 0 Å². The van der Waals surface area contributed by atoms with Crippen LogP contribution in [0.15, 0.2) is 36.7 Å². The van der Waals surface area contributed by atoms with E-state index in [1.165, 1.54) is 75.0 Å². The summed E-state index contributed by atoms with van der Waals surface area (Å²) in [4.78, 5) is 4.29. The van der Waals surface area contributed by atoms with Crippen molar-refractivity contribution in [1.82, 2.24) is 4.98 Å². The molecular formula is C22H33N. The third-order valence-electron chi connectivity index (χ3n) is 4.97. The lowest BCUT2D eigenvalue weighted by Crippen LogP contribution is -2.01. The van der Waals surface area contributed by atoms with Gasteiger partial charge in [0, 0.05) is 17.8 Å². The number of nitrogens with zero attached hydrogens (tertiary/aromatic N) is 1. The molecule has 1 heteroatoms. The van der Waals surface area contributed by atoms with Crippen LogP contribution in [-0.2, 0) is 0 Å². The highest BCUT2D eigenvalue weighted by Gasteiger charge is 2.14. The molecule has 0 aliphatic carbocycles. The molecule has 23 heavy (non-hydrogen) atoms. The second kappa shape index (κ2) is 10.4. The minimum Gasteiger partial charge on any atom is -0.264 e. The summed E-state index contributed by atoms with van der Waals surface area (Å²) in [5, 5.41) is 2.70. The highest BCUT2D eigenvalue weighted by atomic mass is 14.6. The maximum absolute atomic E-state index is 4.29. The molecule has 0 fully saturated rings. The van der Waals surface area contributed by atoms with Crippen molar-refractivity contribution in [2.45, 2.75) is 84.0 Å². The van der Waals surface area contributed by atoms with Crippen LogP contribution < -0.4 is 0 Å². The fourth-order valence-electron chi connectivity index (χ4n) is 3.59. The number of unbranched alkanes of at least 4 members (excludes halogenated alkanes) is 6. The molecule has 0 radical (unpaired) electrons. The standard InChI is InChI=1S/C22H33N/c1-3-5-7-9-12-19(13-10-8-6-4-2)21-15-11-14-20-18-23-17-16-22(20)21/h11,14-19H,3-10,12-13H2,1-2H3. The smallest absolute Gasteiger partial charge is 0.0346 e. The van der Waals surface area contributed by atoms with Gasteiger partial charge >= 0.3 is 0 Å². The molecule has 0 aliphatic rings. The van der Waals surface area contributed by atoms with Gasteiger partial charge in [-0.05, 0) is 35.8 Å². The molecule has 0 bridgehead atoms. The largest absolute Gasteiger partial charge is 0.264 e. The van der Waals surface area contributed by atoms with Crippen LogP contribution >= 0.6 is 0 Å². The highest BCUT2D eigenvalue weighted by molar-refractivity contribution is 5.85. The molecular weight excluding hydrogens is 278 g/mol. The van der Waals surface area contributed by atoms with Crippen molar-refractivity contribution in [2.24, 2.45) is 0 Å². The number of benzene rings is 1. The molecule has 1 aromatic carbocycles. The number of aromatic nitrogens is 1. The zero-order valence-electron chi connectivity index (χ0n) is 15.1. The van der Waals surface area contributed by atoms with Crippen molar-refractivity contribution in [3.05, 3.63) is 42.2 Å². The second-order valence-electron chi connectivity index (χ2n) is 6.84. The Bertz CT molecular complexity index is 543. The van der Waals surface area contributed by atoms with Gasteiger partial charge in [-0.2, -0.15) is 0 Å². The van der Waals surface area contributed by atoms with Crippen molar-refractivity contribution >= 4 is 10.8 Å². The van der Waals surface area contributed by atoms with E-state index < -0.39 is 0 Å². The average Bonchev–Trinajstić information content (AvgIpc) is 2.60. The second-order valence-corrected chi connectivity index (χ2v) is 6.84. The van der Waals surface area contributed by atoms with Crippen LogP contribution in [0.25, 0.3) is 10.8 Å². The fraction of sp³-hybridized carbons (Fsp3) is 0.591. The molecule has 2 rings (SSSR count). The van der Waals surface area contributed by atoms with Crippen molar-refractivity contribution in [3.8, 4) is 0 Å². The lowest BCUT2D eigenvalue weighted by atomic mass is 9.86. The number of fused-ring (bicyclic) bond motifs is 1. The average molecular weight is 312 g/mol. The number of hydrogen-bond donors (Lipinski definition) is 0. The maximum atomic E-state index is 4.29. The lowest BCUT2D eigenvalue weighted by Gasteiger charge is -2.19. The summed E-state index contributed by atoms with van der Waals surface area (Å²) in [6, 6.07) is 8.96. The van der Waals surface area contributed by atoms with Crippen LogP contribution in [-0.4, -0.2) is 4.98 Å². The minimum atomic E-state index is 0.717. The first kappa shape index (κ1) is 18.0. The van der Waals surface area contributed by atoms with Gasteiger partial charge in [0.05, 0.1) is 0 Å². The Hall–Kier alpha value is -1.37. The molecule has 0 aliphatic heterocycles. The third kappa shape index (κ3) is 5.64. The first-order valence-electron chi connectivity index (χ1n) is 9.69. The van der Waals surface area contributed by atoms with Gasteiger partial charge in [-0.1, -0.05) is 83.4 Å². The maximum Gasteiger partial charge on any atom is 0.0346 e. The Morgan fingerprint density at radius 2 is 1.52 bits per heavy atom. The Morgan fingerprint density at radius 1 is 0.826 bits per heavy atom. The van der Waals surface area contributed by atoms with Gasteiger partial charge in [-0.3, -0.25) is 4.98 Å². The normalized spacial score (nSPS) is 11.4. The molecule has 126 valence electrons. The summed E-state index contributed by atoms with van der Waals surface area (Å²) in [5.41, 5.74) is 1.55. The van der Waals surface area contributed by atoms with Crippen molar-refractivity contribution in [1.29, 1.82) is 0 Å². The van der Waals surface area contributed by atoms with Gasteiger partial charge in [0.1, 0.15) is 0 Å². The minimum absolute atomic E-state index is 0.717. The predicted molar refractivity (Wildman–Crippen MR) is 102 cm³/mol. The molecule has 1 nitrogen and oxygen atoms in total. The first-order chi connectivity index (χ1) is 11.4. The van der Waals surface area contributed by atoms with E-state index in [-0.39, 0.29) is 0 Å². The Kier molecular flexibility index (Phi) is 8.14. The van der Waals surface area contributed by atoms with Crippen LogP contribution in [0, 0.1) is 0 Å². The molecule has 2 aromatic rings. The van der Waals surface area contributed by atoms with E-state index in [0.717, 1.165) is 5.92 Å². The van der Waals surface area contributed by atoms with E-state index in [9.17, 15) is 0 Å². The summed E-state index contributed by atoms with van der Waals surface area (Å²) in [6.07, 6.45) is 17.5. The van der Waals surface area contributed by atoms with Gasteiger partial charge in [0.25, 0.3) is 0 Å². The summed E-state index contributed by atoms with van der Waals surface area (Å²) in [6.45, 7) is 4.58. The van der Waals surface area contributed by atoms with Crippen molar-refractivity contribution in [3.63, 3.8) is 0 Å². The number of rotatable bonds is 11. The molecule has 0 spiro atoms. The van der Waals surface area contributed by atoms with Crippen LogP contribution in [0.1, 0.15) is 89.5 Å². The van der Waals surface area contributed by atoms with E-state index in [2.05, 4.69) is 43.1 Å². The molecule has 1 heterocycles. The van der Waals surface area contributed by atoms with Crippen LogP contribution in [0.5, 0.6) is 0 Å². The van der Waals surface area contributed by atoms with Crippen molar-refractivity contribution < 1.29 is 0 Å². The lowest BCUT2D eigenvalue weighted by molar-refractivity contribution is 0.498. The fourth-order valence-corrected chi connectivity index (χ4v) is 3.59. The molecule has 0 saturated heterocycles. The molecule has 0 atom stereocenters. The quantitative estimate of drug-likeness (QED) is 0.398. The van der Waals surface area contributed by atoms with Crippen molar-refractivity contribution in [2.75, 3.05) is 0 Å². The summed E-state index contributed by atoms with van der Waals surface area (Å²) < 4.78 is 0. The van der Waals surface area contributed by atoms with E-state index in [1.807, 2.05) is 12.4 Å². The van der Waals surface area contributed by atoms with Crippen LogP contribution in [0.4, 0.5) is 0 Å². The monoisotopic (exact) mass is 311 g/mol. The summed E-state index contributed by atoms with van der Waals surface area (Å²) in [5.74, 6) is 0.717. The molecule has 0 unspecified atom stereocenters. The van der Waals surface area contributed by atoms with E-state index >= 15 is 0 Å². The Morgan fingerprint density at radius 3 is 2.17 bits per heavy atom. The topological polar surface area (TPSA) is 12.9 Å². The highest BCUT2D eigenvalue weighted by Crippen LogP contribution is 2.33. The molecule has 0 amide bonds. The van der Waals surface area contributed by atoms with Gasteiger partial charge < -0.3 is 0 Å². The van der Waals surface area contributed by atoms with Crippen LogP contribution in [0.3, 0.4) is 0 Å². The number of pyridine rings is 1. The van der Waals surface area contributed by atoms with Gasteiger partial charge in [-0.15, -0.1) is 0 Å². The van der Waals surface area contributed by atoms with Gasteiger partial charge in [0.2, 0.25) is 0 Å². The molecule has 0 N–H and O–H groups in total. The molecule has 1 aromatic heterocycles. The SMILES string of the molecule is CCCCCCC(CCCCCC)c1cccc2cnccc12. The zero-order chi connectivity index (χ0) is 16.3. The van der Waals surface area contributed by atoms with E-state index in [4.69, 9.17) is 0 Å². The number of hydrogen-bond acceptors (Lipinski definition) is 1. The Labute approximate surface area is 142 Å². The zero-order valence-corrected chi connectivity index (χ0v) is 15.1. The van der Waals surface area contributed by atoms with Crippen LogP contribution in [0.2, 0.25) is 0 Å². The third-order valence-corrected chi connectivity index (χ3v) is 4.97. The first-order valence-corrected chi connectivity index (χ1v) is 9.69. The van der Waals surface area contributed by atoms with E-state index in [0.29, 0.717) is 0 Å². The molecule has 0 saturated carbocycles.